The Morgan fingerprint density at radius 1 is 1.15 bits per heavy atom. The van der Waals surface area contributed by atoms with Crippen molar-refractivity contribution in [3.63, 3.8) is 0 Å². The van der Waals surface area contributed by atoms with Crippen molar-refractivity contribution in [3.05, 3.63) is 29.8 Å². The van der Waals surface area contributed by atoms with Crippen molar-refractivity contribution in [2.24, 2.45) is 5.73 Å². The fourth-order valence-electron chi connectivity index (χ4n) is 2.62. The molecule has 1 aromatic carbocycles. The third kappa shape index (κ3) is 4.63. The van der Waals surface area contributed by atoms with E-state index in [0.29, 0.717) is 6.42 Å². The molecule has 142 valence electrons. The molecule has 1 fully saturated rings. The first-order valence-corrected chi connectivity index (χ1v) is 8.58. The summed E-state index contributed by atoms with van der Waals surface area (Å²) in [6.07, 6.45) is 0.300. The highest BCUT2D eigenvalue weighted by Crippen LogP contribution is 2.36. The van der Waals surface area contributed by atoms with Gasteiger partial charge in [-0.05, 0) is 38.7 Å². The monoisotopic (exact) mass is 362 g/mol. The number of benzene rings is 1. The zero-order valence-corrected chi connectivity index (χ0v) is 16.0. The Morgan fingerprint density at radius 2 is 1.69 bits per heavy atom. The van der Waals surface area contributed by atoms with Crippen LogP contribution in [0.2, 0.25) is 0 Å². The minimum absolute atomic E-state index is 0.120. The van der Waals surface area contributed by atoms with Crippen molar-refractivity contribution in [2.45, 2.75) is 51.4 Å². The number of hydrogen-bond acceptors (Lipinski definition) is 5. The number of hydrogen-bond donors (Lipinski definition) is 2. The maximum absolute atomic E-state index is 11.6. The number of nitrogens with two attached hydrogens (primary N) is 1. The average molecular weight is 362 g/mol. The van der Waals surface area contributed by atoms with Crippen LogP contribution in [0.4, 0.5) is 0 Å². The number of nitrogens with one attached hydrogen (secondary N) is 1. The fourth-order valence-corrected chi connectivity index (χ4v) is 2.62. The van der Waals surface area contributed by atoms with Crippen LogP contribution < -0.4 is 16.5 Å². The highest BCUT2D eigenvalue weighted by Gasteiger charge is 2.51. The van der Waals surface area contributed by atoms with Gasteiger partial charge in [-0.2, -0.15) is 0 Å². The zero-order valence-electron chi connectivity index (χ0n) is 16.0. The van der Waals surface area contributed by atoms with E-state index in [-0.39, 0.29) is 12.5 Å². The van der Waals surface area contributed by atoms with Gasteiger partial charge in [-0.15, -0.1) is 0 Å². The Kier molecular flexibility index (Phi) is 6.11. The summed E-state index contributed by atoms with van der Waals surface area (Å²) in [5.74, 6) is -0.977. The zero-order chi connectivity index (χ0) is 19.5. The molecule has 26 heavy (non-hydrogen) atoms. The van der Waals surface area contributed by atoms with Crippen LogP contribution >= 0.6 is 0 Å². The average Bonchev–Trinajstić information content (AvgIpc) is 2.75. The number of methoxy groups -OCH3 is 1. The van der Waals surface area contributed by atoms with Crippen LogP contribution in [0.1, 0.15) is 33.3 Å². The molecular weight excluding hydrogens is 335 g/mol. The molecule has 3 N–H and O–H groups in total. The van der Waals surface area contributed by atoms with Gasteiger partial charge in [0.25, 0.3) is 0 Å². The highest BCUT2D eigenvalue weighted by molar-refractivity contribution is 6.62. The molecule has 1 aromatic rings. The van der Waals surface area contributed by atoms with Gasteiger partial charge in [0.1, 0.15) is 12.6 Å². The Balaban J connectivity index is 2.05. The molecule has 7 nitrogen and oxygen atoms in total. The molecule has 0 aliphatic carbocycles. The van der Waals surface area contributed by atoms with E-state index in [1.807, 2.05) is 52.0 Å². The highest BCUT2D eigenvalue weighted by atomic mass is 16.7. The van der Waals surface area contributed by atoms with Gasteiger partial charge in [-0.25, -0.2) is 0 Å². The molecule has 1 heterocycles. The molecule has 0 saturated carbocycles. The maximum Gasteiger partial charge on any atom is 0.494 e. The summed E-state index contributed by atoms with van der Waals surface area (Å²) < 4.78 is 16.8. The number of carbonyl (C=O) groups is 2. The molecule has 0 radical (unpaired) electrons. The summed E-state index contributed by atoms with van der Waals surface area (Å²) in [5.41, 5.74) is 6.34. The first-order valence-electron chi connectivity index (χ1n) is 8.58. The number of primary amides is 1. The summed E-state index contributed by atoms with van der Waals surface area (Å²) in [6.45, 7) is 7.89. The van der Waals surface area contributed by atoms with Gasteiger partial charge < -0.3 is 25.1 Å². The smallest absolute Gasteiger partial charge is 0.399 e. The molecule has 1 saturated heterocycles. The van der Waals surface area contributed by atoms with E-state index < -0.39 is 30.3 Å². The Bertz CT molecular complexity index is 644. The van der Waals surface area contributed by atoms with Crippen molar-refractivity contribution >= 4 is 24.4 Å². The van der Waals surface area contributed by atoms with E-state index in [1.165, 1.54) is 7.11 Å². The second-order valence-corrected chi connectivity index (χ2v) is 7.49. The third-order valence-electron chi connectivity index (χ3n) is 4.90. The van der Waals surface area contributed by atoms with Crippen LogP contribution in [0.15, 0.2) is 24.3 Å². The molecule has 2 rings (SSSR count). The molecule has 0 bridgehead atoms. The van der Waals surface area contributed by atoms with Crippen molar-refractivity contribution in [1.82, 2.24) is 5.32 Å². The van der Waals surface area contributed by atoms with E-state index in [2.05, 4.69) is 5.32 Å². The van der Waals surface area contributed by atoms with E-state index in [9.17, 15) is 9.59 Å². The van der Waals surface area contributed by atoms with Crippen LogP contribution in [0, 0.1) is 0 Å². The summed E-state index contributed by atoms with van der Waals surface area (Å²) in [6, 6.07) is 6.75. The van der Waals surface area contributed by atoms with Gasteiger partial charge in [0.15, 0.2) is 0 Å². The van der Waals surface area contributed by atoms with Crippen LogP contribution in [-0.4, -0.2) is 49.9 Å². The molecule has 1 aliphatic heterocycles. The summed E-state index contributed by atoms with van der Waals surface area (Å²) in [7, 11) is 0.968. The second-order valence-electron chi connectivity index (χ2n) is 7.49. The summed E-state index contributed by atoms with van der Waals surface area (Å²) in [4.78, 5) is 23.2. The summed E-state index contributed by atoms with van der Waals surface area (Å²) >= 11 is 0. The van der Waals surface area contributed by atoms with Crippen molar-refractivity contribution in [3.8, 4) is 0 Å². The second kappa shape index (κ2) is 7.78. The van der Waals surface area contributed by atoms with Crippen LogP contribution in [-0.2, 0) is 30.1 Å². The van der Waals surface area contributed by atoms with Gasteiger partial charge in [-0.1, -0.05) is 24.3 Å². The molecule has 0 spiro atoms. The van der Waals surface area contributed by atoms with Gasteiger partial charge in [0.2, 0.25) is 11.8 Å². The van der Waals surface area contributed by atoms with Gasteiger partial charge in [0, 0.05) is 13.5 Å². The molecular formula is C18H27BN2O5. The predicted molar refractivity (Wildman–Crippen MR) is 98.9 cm³/mol. The molecule has 2 amide bonds. The number of amides is 2. The topological polar surface area (TPSA) is 99.9 Å². The van der Waals surface area contributed by atoms with Gasteiger partial charge in [0.05, 0.1) is 11.2 Å². The molecule has 0 aromatic heterocycles. The predicted octanol–water partition coefficient (Wildman–Crippen LogP) is 0.145. The first-order chi connectivity index (χ1) is 12.1. The first kappa shape index (κ1) is 20.4. The fraction of sp³-hybridized carbons (Fsp3) is 0.556. The minimum Gasteiger partial charge on any atom is -0.399 e. The van der Waals surface area contributed by atoms with Crippen molar-refractivity contribution in [1.29, 1.82) is 0 Å². The third-order valence-corrected chi connectivity index (χ3v) is 4.90. The van der Waals surface area contributed by atoms with Crippen LogP contribution in [0.3, 0.4) is 0 Å². The van der Waals surface area contributed by atoms with Crippen molar-refractivity contribution < 1.29 is 23.6 Å². The lowest BCUT2D eigenvalue weighted by Crippen LogP contribution is -2.47. The SMILES string of the molecule is COCC(=O)N[C@@H](Cc1ccc(B2OC(C)(C)C(C)(C)O2)cc1)C(N)=O. The number of ether oxygens (including phenoxy) is 1. The Labute approximate surface area is 154 Å². The standard InChI is InChI=1S/C18H27BN2O5/c1-17(2)18(3,4)26-19(25-17)13-8-6-12(7-9-13)10-14(16(20)23)21-15(22)11-24-5/h6-9,14H,10-11H2,1-5H3,(H2,20,23)(H,21,22)/t14-/m0/s1. The van der Waals surface area contributed by atoms with E-state index in [0.717, 1.165) is 11.0 Å². The normalized spacial score (nSPS) is 19.2. The van der Waals surface area contributed by atoms with E-state index in [1.54, 1.807) is 0 Å². The molecule has 8 heteroatoms. The van der Waals surface area contributed by atoms with Crippen molar-refractivity contribution in [2.75, 3.05) is 13.7 Å². The number of carbonyl (C=O) groups excluding carboxylic acids is 2. The molecule has 0 unspecified atom stereocenters. The lowest BCUT2D eigenvalue weighted by atomic mass is 9.78. The van der Waals surface area contributed by atoms with E-state index in [4.69, 9.17) is 19.8 Å². The molecule has 1 atom stereocenters. The van der Waals surface area contributed by atoms with Gasteiger partial charge in [-0.3, -0.25) is 9.59 Å². The largest absolute Gasteiger partial charge is 0.494 e. The quantitative estimate of drug-likeness (QED) is 0.673. The van der Waals surface area contributed by atoms with E-state index >= 15 is 0 Å². The number of rotatable bonds is 7. The Hall–Kier alpha value is -1.90. The maximum atomic E-state index is 11.6. The van der Waals surface area contributed by atoms with Gasteiger partial charge >= 0.3 is 7.12 Å². The lowest BCUT2D eigenvalue weighted by molar-refractivity contribution is -0.129. The summed E-state index contributed by atoms with van der Waals surface area (Å²) in [5, 5.41) is 2.57. The Morgan fingerprint density at radius 3 is 2.15 bits per heavy atom. The van der Waals surface area contributed by atoms with Crippen LogP contribution in [0.25, 0.3) is 0 Å². The minimum atomic E-state index is -0.791. The molecule has 1 aliphatic rings. The van der Waals surface area contributed by atoms with Crippen LogP contribution in [0.5, 0.6) is 0 Å². The lowest BCUT2D eigenvalue weighted by Gasteiger charge is -2.32.